The van der Waals surface area contributed by atoms with Gasteiger partial charge < -0.3 is 10.6 Å². The number of halogens is 2. The zero-order chi connectivity index (χ0) is 24.2. The number of anilines is 2. The smallest absolute Gasteiger partial charge is 0.278 e. The topological polar surface area (TPSA) is 93.1 Å². The van der Waals surface area contributed by atoms with Gasteiger partial charge in [0.25, 0.3) is 5.56 Å². The Kier molecular flexibility index (Phi) is 6.70. The van der Waals surface area contributed by atoms with Crippen molar-refractivity contribution in [3.05, 3.63) is 87.9 Å². The van der Waals surface area contributed by atoms with Crippen LogP contribution in [0.25, 0.3) is 22.3 Å². The van der Waals surface area contributed by atoms with Crippen LogP contribution in [-0.4, -0.2) is 21.4 Å². The second kappa shape index (κ2) is 9.84. The molecule has 9 heteroatoms. The highest BCUT2D eigenvalue weighted by molar-refractivity contribution is 6.31. The van der Waals surface area contributed by atoms with E-state index in [1.807, 2.05) is 0 Å². The van der Waals surface area contributed by atoms with E-state index < -0.39 is 17.3 Å². The van der Waals surface area contributed by atoms with Crippen LogP contribution >= 0.6 is 11.6 Å². The van der Waals surface area contributed by atoms with Crippen LogP contribution in [0.15, 0.2) is 71.5 Å². The Bertz CT molecular complexity index is 1470. The van der Waals surface area contributed by atoms with Crippen LogP contribution in [0.1, 0.15) is 13.3 Å². The van der Waals surface area contributed by atoms with E-state index in [4.69, 9.17) is 11.6 Å². The van der Waals surface area contributed by atoms with E-state index in [-0.39, 0.29) is 29.6 Å². The van der Waals surface area contributed by atoms with Gasteiger partial charge in [-0.05, 0) is 36.4 Å². The number of carbonyl (C=O) groups excluding carboxylic acids is 2. The van der Waals surface area contributed by atoms with E-state index >= 15 is 0 Å². The Balaban J connectivity index is 1.77. The largest absolute Gasteiger partial charge is 0.325 e. The van der Waals surface area contributed by atoms with Gasteiger partial charge in [0.1, 0.15) is 18.1 Å². The Morgan fingerprint density at radius 3 is 2.50 bits per heavy atom. The summed E-state index contributed by atoms with van der Waals surface area (Å²) in [5, 5.41) is 5.29. The molecule has 34 heavy (non-hydrogen) atoms. The van der Waals surface area contributed by atoms with E-state index in [1.165, 1.54) is 16.7 Å². The lowest BCUT2D eigenvalue weighted by molar-refractivity contribution is -0.117. The highest BCUT2D eigenvalue weighted by Gasteiger charge is 2.18. The highest BCUT2D eigenvalue weighted by atomic mass is 35.5. The molecule has 4 aromatic rings. The predicted molar refractivity (Wildman–Crippen MR) is 130 cm³/mol. The molecule has 0 saturated carbocycles. The van der Waals surface area contributed by atoms with Gasteiger partial charge in [-0.15, -0.1) is 0 Å². The minimum Gasteiger partial charge on any atom is -0.325 e. The van der Waals surface area contributed by atoms with Crippen LogP contribution in [0.3, 0.4) is 0 Å². The average molecular weight is 479 g/mol. The summed E-state index contributed by atoms with van der Waals surface area (Å²) in [5.74, 6) is -1.31. The summed E-state index contributed by atoms with van der Waals surface area (Å²) < 4.78 is 14.7. The Labute approximate surface area is 199 Å². The first-order valence-corrected chi connectivity index (χ1v) is 10.9. The lowest BCUT2D eigenvalue weighted by Crippen LogP contribution is -2.30. The molecular formula is C25H20ClFN4O3. The maximum Gasteiger partial charge on any atom is 0.278 e. The van der Waals surface area contributed by atoms with Gasteiger partial charge in [0.15, 0.2) is 0 Å². The predicted octanol–water partition coefficient (Wildman–Crippen LogP) is 4.84. The SMILES string of the molecule is CCC(=O)Nc1ccccc1-c1nc2ccccc2n(CC(=O)Nc2ccc(F)c(Cl)c2)c1=O. The lowest BCUT2D eigenvalue weighted by Gasteiger charge is -2.15. The number of nitrogens with one attached hydrogen (secondary N) is 2. The second-order valence-electron chi connectivity index (χ2n) is 7.46. The molecule has 0 saturated heterocycles. The number of fused-ring (bicyclic) bond motifs is 1. The van der Waals surface area contributed by atoms with Gasteiger partial charge in [-0.25, -0.2) is 9.37 Å². The summed E-state index contributed by atoms with van der Waals surface area (Å²) in [5.41, 5.74) is 1.78. The maximum absolute atomic E-state index is 13.5. The molecule has 1 aromatic heterocycles. The van der Waals surface area contributed by atoms with Gasteiger partial charge in [-0.3, -0.25) is 19.0 Å². The molecule has 0 radical (unpaired) electrons. The Hall–Kier alpha value is -4.04. The molecule has 3 aromatic carbocycles. The zero-order valence-corrected chi connectivity index (χ0v) is 18.9. The fourth-order valence-corrected chi connectivity index (χ4v) is 3.66. The number of carbonyl (C=O) groups is 2. The third kappa shape index (κ3) is 4.82. The quantitative estimate of drug-likeness (QED) is 0.414. The van der Waals surface area contributed by atoms with Crippen LogP contribution in [0.4, 0.5) is 15.8 Å². The molecule has 7 nitrogen and oxygen atoms in total. The van der Waals surface area contributed by atoms with E-state index in [2.05, 4.69) is 15.6 Å². The van der Waals surface area contributed by atoms with Crippen LogP contribution < -0.4 is 16.2 Å². The molecule has 2 amide bonds. The van der Waals surface area contributed by atoms with E-state index in [0.29, 0.717) is 28.0 Å². The number of hydrogen-bond donors (Lipinski definition) is 2. The average Bonchev–Trinajstić information content (AvgIpc) is 2.83. The minimum atomic E-state index is -0.602. The number of nitrogens with zero attached hydrogens (tertiary/aromatic N) is 2. The first-order valence-electron chi connectivity index (χ1n) is 10.5. The molecule has 0 aliphatic rings. The Morgan fingerprint density at radius 1 is 1.00 bits per heavy atom. The Morgan fingerprint density at radius 2 is 1.74 bits per heavy atom. The molecule has 1 heterocycles. The van der Waals surface area contributed by atoms with Crippen molar-refractivity contribution in [1.82, 2.24) is 9.55 Å². The van der Waals surface area contributed by atoms with Gasteiger partial charge in [-0.2, -0.15) is 0 Å². The summed E-state index contributed by atoms with van der Waals surface area (Å²) in [6.45, 7) is 1.42. The normalized spacial score (nSPS) is 10.8. The standard InChI is InChI=1S/C25H20ClFN4O3/c1-2-22(32)29-19-8-4-3-7-16(19)24-25(34)31(21-10-6-5-9-20(21)30-24)14-23(33)28-15-11-12-18(27)17(26)13-15/h3-13H,2,14H2,1H3,(H,28,33)(H,29,32). The number of amides is 2. The summed E-state index contributed by atoms with van der Waals surface area (Å²) >= 11 is 5.79. The van der Waals surface area contributed by atoms with Crippen molar-refractivity contribution < 1.29 is 14.0 Å². The lowest BCUT2D eigenvalue weighted by atomic mass is 10.1. The van der Waals surface area contributed by atoms with Crippen LogP contribution in [0.2, 0.25) is 5.02 Å². The number of para-hydroxylation sites is 3. The van der Waals surface area contributed by atoms with Gasteiger partial charge in [0.2, 0.25) is 11.8 Å². The minimum absolute atomic E-state index is 0.100. The molecule has 0 spiro atoms. The van der Waals surface area contributed by atoms with Crippen molar-refractivity contribution in [2.45, 2.75) is 19.9 Å². The van der Waals surface area contributed by atoms with Crippen molar-refractivity contribution >= 4 is 45.8 Å². The summed E-state index contributed by atoms with van der Waals surface area (Å²) in [6, 6.07) is 17.6. The van der Waals surface area contributed by atoms with E-state index in [9.17, 15) is 18.8 Å². The van der Waals surface area contributed by atoms with Crippen molar-refractivity contribution in [3.8, 4) is 11.3 Å². The molecule has 0 atom stereocenters. The zero-order valence-electron chi connectivity index (χ0n) is 18.1. The molecule has 2 N–H and O–H groups in total. The van der Waals surface area contributed by atoms with Crippen LogP contribution in [0.5, 0.6) is 0 Å². The molecule has 4 rings (SSSR count). The number of hydrogen-bond acceptors (Lipinski definition) is 4. The van der Waals surface area contributed by atoms with Gasteiger partial charge in [0, 0.05) is 17.7 Å². The fraction of sp³-hybridized carbons (Fsp3) is 0.120. The number of rotatable bonds is 6. The van der Waals surface area contributed by atoms with Gasteiger partial charge in [0.05, 0.1) is 21.7 Å². The third-order valence-electron chi connectivity index (χ3n) is 5.13. The van der Waals surface area contributed by atoms with Crippen LogP contribution in [0, 0.1) is 5.82 Å². The second-order valence-corrected chi connectivity index (χ2v) is 7.87. The highest BCUT2D eigenvalue weighted by Crippen LogP contribution is 2.26. The first-order chi connectivity index (χ1) is 16.4. The molecule has 0 aliphatic carbocycles. The van der Waals surface area contributed by atoms with Crippen LogP contribution in [-0.2, 0) is 16.1 Å². The van der Waals surface area contributed by atoms with E-state index in [0.717, 1.165) is 6.07 Å². The molecule has 0 unspecified atom stereocenters. The van der Waals surface area contributed by atoms with Crippen molar-refractivity contribution in [2.75, 3.05) is 10.6 Å². The summed E-state index contributed by atoms with van der Waals surface area (Å²) in [7, 11) is 0. The van der Waals surface area contributed by atoms with Crippen molar-refractivity contribution in [2.24, 2.45) is 0 Å². The van der Waals surface area contributed by atoms with Crippen molar-refractivity contribution in [3.63, 3.8) is 0 Å². The van der Waals surface area contributed by atoms with Gasteiger partial charge in [-0.1, -0.05) is 48.9 Å². The fourth-order valence-electron chi connectivity index (χ4n) is 3.48. The van der Waals surface area contributed by atoms with E-state index in [1.54, 1.807) is 55.5 Å². The molecular weight excluding hydrogens is 459 g/mol. The first kappa shape index (κ1) is 23.1. The molecule has 0 aliphatic heterocycles. The summed E-state index contributed by atoms with van der Waals surface area (Å²) in [6.07, 6.45) is 0.275. The third-order valence-corrected chi connectivity index (χ3v) is 5.42. The van der Waals surface area contributed by atoms with Crippen molar-refractivity contribution in [1.29, 1.82) is 0 Å². The maximum atomic E-state index is 13.5. The summed E-state index contributed by atoms with van der Waals surface area (Å²) in [4.78, 5) is 42.8. The molecule has 0 bridgehead atoms. The molecule has 0 fully saturated rings. The molecule has 172 valence electrons. The number of aromatic nitrogens is 2. The van der Waals surface area contributed by atoms with Gasteiger partial charge >= 0.3 is 0 Å². The number of benzene rings is 3. The monoisotopic (exact) mass is 478 g/mol.